The molecule has 0 saturated carbocycles. The lowest BCUT2D eigenvalue weighted by Gasteiger charge is -2.07. The highest BCUT2D eigenvalue weighted by atomic mass is 16.3. The summed E-state index contributed by atoms with van der Waals surface area (Å²) in [4.78, 5) is 27.4. The lowest BCUT2D eigenvalue weighted by molar-refractivity contribution is -0.116. The maximum absolute atomic E-state index is 11.7. The Morgan fingerprint density at radius 1 is 1.35 bits per heavy atom. The Morgan fingerprint density at radius 3 is 2.90 bits per heavy atom. The number of nitrogens with one attached hydrogen (secondary N) is 2. The Labute approximate surface area is 116 Å². The van der Waals surface area contributed by atoms with Gasteiger partial charge in [-0.15, -0.1) is 0 Å². The first-order chi connectivity index (χ1) is 9.66. The predicted octanol–water partition coefficient (Wildman–Crippen LogP) is 1.74. The molecule has 2 aromatic rings. The Kier molecular flexibility index (Phi) is 4.49. The minimum absolute atomic E-state index is 0.180. The highest BCUT2D eigenvalue weighted by Crippen LogP contribution is 2.09. The summed E-state index contributed by atoms with van der Waals surface area (Å²) in [6, 6.07) is 5.23. The van der Waals surface area contributed by atoms with Gasteiger partial charge in [-0.3, -0.25) is 9.59 Å². The smallest absolute Gasteiger partial charge is 0.254 e. The Hall–Kier alpha value is -2.63. The third-order valence-corrected chi connectivity index (χ3v) is 2.69. The molecule has 0 spiro atoms. The number of amides is 2. The van der Waals surface area contributed by atoms with Crippen molar-refractivity contribution in [2.24, 2.45) is 0 Å². The second kappa shape index (κ2) is 6.51. The van der Waals surface area contributed by atoms with E-state index < -0.39 is 0 Å². The Morgan fingerprint density at radius 2 is 2.20 bits per heavy atom. The number of aromatic nitrogens is 1. The van der Waals surface area contributed by atoms with Crippen LogP contribution in [0.2, 0.25) is 0 Å². The van der Waals surface area contributed by atoms with Crippen molar-refractivity contribution in [1.82, 2.24) is 10.3 Å². The Balaban J connectivity index is 1.76. The normalized spacial score (nSPS) is 10.1. The molecule has 0 atom stereocenters. The molecule has 20 heavy (non-hydrogen) atoms. The molecule has 0 saturated heterocycles. The zero-order chi connectivity index (χ0) is 14.4. The van der Waals surface area contributed by atoms with E-state index in [0.29, 0.717) is 11.4 Å². The largest absolute Gasteiger partial charge is 0.472 e. The summed E-state index contributed by atoms with van der Waals surface area (Å²) < 4.78 is 4.81. The minimum Gasteiger partial charge on any atom is -0.472 e. The summed E-state index contributed by atoms with van der Waals surface area (Å²) in [5, 5.41) is 5.34. The number of nitrogens with zero attached hydrogens (tertiary/aromatic N) is 1. The number of carbonyl (C=O) groups excluding carboxylic acids is 2. The number of rotatable bonds is 5. The number of carbonyl (C=O) groups is 2. The number of hydrogen-bond acceptors (Lipinski definition) is 4. The van der Waals surface area contributed by atoms with E-state index in [1.54, 1.807) is 18.3 Å². The van der Waals surface area contributed by atoms with Gasteiger partial charge in [-0.25, -0.2) is 4.98 Å². The van der Waals surface area contributed by atoms with E-state index >= 15 is 0 Å². The van der Waals surface area contributed by atoms with Gasteiger partial charge < -0.3 is 15.1 Å². The van der Waals surface area contributed by atoms with E-state index in [2.05, 4.69) is 15.6 Å². The quantitative estimate of drug-likeness (QED) is 0.869. The van der Waals surface area contributed by atoms with Crippen LogP contribution in [0.25, 0.3) is 0 Å². The molecule has 2 heterocycles. The molecule has 0 unspecified atom stereocenters. The average Bonchev–Trinajstić information content (AvgIpc) is 2.95. The summed E-state index contributed by atoms with van der Waals surface area (Å²) in [6.45, 7) is 2.12. The fourth-order valence-corrected chi connectivity index (χ4v) is 1.60. The number of furan rings is 1. The van der Waals surface area contributed by atoms with Gasteiger partial charge in [-0.05, 0) is 24.6 Å². The van der Waals surface area contributed by atoms with Crippen molar-refractivity contribution in [3.8, 4) is 0 Å². The van der Waals surface area contributed by atoms with Crippen LogP contribution in [0.3, 0.4) is 0 Å². The van der Waals surface area contributed by atoms with Gasteiger partial charge in [0.1, 0.15) is 12.1 Å². The van der Waals surface area contributed by atoms with Crippen LogP contribution in [0.15, 0.2) is 41.3 Å². The second-order valence-electron chi connectivity index (χ2n) is 4.24. The maximum Gasteiger partial charge on any atom is 0.254 e. The molecule has 0 aromatic carbocycles. The highest BCUT2D eigenvalue weighted by Gasteiger charge is 2.08. The lowest BCUT2D eigenvalue weighted by atomic mass is 10.3. The molecule has 104 valence electrons. The molecule has 2 amide bonds. The molecule has 0 radical (unpaired) electrons. The van der Waals surface area contributed by atoms with Crippen molar-refractivity contribution in [2.45, 2.75) is 13.3 Å². The van der Waals surface area contributed by atoms with Gasteiger partial charge in [0.2, 0.25) is 5.91 Å². The molecule has 0 fully saturated rings. The van der Waals surface area contributed by atoms with Gasteiger partial charge in [0.15, 0.2) is 0 Å². The predicted molar refractivity (Wildman–Crippen MR) is 73.3 cm³/mol. The van der Waals surface area contributed by atoms with Crippen LogP contribution >= 0.6 is 0 Å². The van der Waals surface area contributed by atoms with Crippen LogP contribution in [0.4, 0.5) is 5.82 Å². The number of pyridine rings is 1. The summed E-state index contributed by atoms with van der Waals surface area (Å²) in [6.07, 6.45) is 4.57. The first-order valence-electron chi connectivity index (χ1n) is 6.18. The van der Waals surface area contributed by atoms with Crippen LogP contribution in [0.5, 0.6) is 0 Å². The summed E-state index contributed by atoms with van der Waals surface area (Å²) in [5.41, 5.74) is 1.33. The molecule has 0 aliphatic rings. The summed E-state index contributed by atoms with van der Waals surface area (Å²) in [5.74, 6) is 0.0820. The zero-order valence-electron chi connectivity index (χ0n) is 11.1. The van der Waals surface area contributed by atoms with Crippen LogP contribution in [-0.2, 0) is 4.79 Å². The van der Waals surface area contributed by atoms with E-state index in [0.717, 1.165) is 5.56 Å². The van der Waals surface area contributed by atoms with Crippen LogP contribution in [0.1, 0.15) is 22.3 Å². The fourth-order valence-electron chi connectivity index (χ4n) is 1.60. The fraction of sp³-hybridized carbons (Fsp3) is 0.214. The minimum atomic E-state index is -0.263. The summed E-state index contributed by atoms with van der Waals surface area (Å²) in [7, 11) is 0. The van der Waals surface area contributed by atoms with Crippen molar-refractivity contribution in [3.05, 3.63) is 48.0 Å². The molecule has 2 rings (SSSR count). The van der Waals surface area contributed by atoms with E-state index in [1.807, 2.05) is 13.0 Å². The standard InChI is InChI=1S/C14H15N3O3/c1-10-3-2-6-15-13(10)17-12(18)4-7-16-14(19)11-5-8-20-9-11/h2-3,5-6,8-9H,4,7H2,1H3,(H,16,19)(H,15,17,18). The number of hydrogen-bond donors (Lipinski definition) is 2. The first-order valence-corrected chi connectivity index (χ1v) is 6.18. The van der Waals surface area contributed by atoms with Crippen molar-refractivity contribution in [2.75, 3.05) is 11.9 Å². The molecule has 6 nitrogen and oxygen atoms in total. The molecule has 2 aromatic heterocycles. The second-order valence-corrected chi connectivity index (χ2v) is 4.24. The van der Waals surface area contributed by atoms with E-state index in [4.69, 9.17) is 4.42 Å². The van der Waals surface area contributed by atoms with Crippen molar-refractivity contribution in [1.29, 1.82) is 0 Å². The monoisotopic (exact) mass is 273 g/mol. The van der Waals surface area contributed by atoms with E-state index in [1.165, 1.54) is 12.5 Å². The van der Waals surface area contributed by atoms with Crippen LogP contribution in [-0.4, -0.2) is 23.3 Å². The maximum atomic E-state index is 11.7. The van der Waals surface area contributed by atoms with Gasteiger partial charge in [-0.1, -0.05) is 6.07 Å². The summed E-state index contributed by atoms with van der Waals surface area (Å²) >= 11 is 0. The van der Waals surface area contributed by atoms with Gasteiger partial charge in [0.25, 0.3) is 5.91 Å². The molecule has 0 aliphatic carbocycles. The number of anilines is 1. The van der Waals surface area contributed by atoms with Crippen molar-refractivity contribution >= 4 is 17.6 Å². The van der Waals surface area contributed by atoms with Gasteiger partial charge >= 0.3 is 0 Å². The molecule has 6 heteroatoms. The van der Waals surface area contributed by atoms with E-state index in [-0.39, 0.29) is 24.8 Å². The van der Waals surface area contributed by atoms with Gasteiger partial charge in [-0.2, -0.15) is 0 Å². The van der Waals surface area contributed by atoms with Gasteiger partial charge in [0, 0.05) is 19.2 Å². The molecule has 2 N–H and O–H groups in total. The third-order valence-electron chi connectivity index (χ3n) is 2.69. The highest BCUT2D eigenvalue weighted by molar-refractivity contribution is 5.94. The topological polar surface area (TPSA) is 84.2 Å². The van der Waals surface area contributed by atoms with Gasteiger partial charge in [0.05, 0.1) is 11.8 Å². The van der Waals surface area contributed by atoms with E-state index in [9.17, 15) is 9.59 Å². The molecule has 0 bridgehead atoms. The van der Waals surface area contributed by atoms with Crippen LogP contribution in [0, 0.1) is 6.92 Å². The molecular weight excluding hydrogens is 258 g/mol. The van der Waals surface area contributed by atoms with Crippen LogP contribution < -0.4 is 10.6 Å². The molecular formula is C14H15N3O3. The average molecular weight is 273 g/mol. The number of aryl methyl sites for hydroxylation is 1. The third kappa shape index (κ3) is 3.68. The first kappa shape index (κ1) is 13.8. The zero-order valence-corrected chi connectivity index (χ0v) is 11.1. The molecule has 0 aliphatic heterocycles. The van der Waals surface area contributed by atoms with Crippen molar-refractivity contribution in [3.63, 3.8) is 0 Å². The van der Waals surface area contributed by atoms with Crippen molar-refractivity contribution < 1.29 is 14.0 Å². The Bertz CT molecular complexity index is 593. The lowest BCUT2D eigenvalue weighted by Crippen LogP contribution is -2.27. The SMILES string of the molecule is Cc1cccnc1NC(=O)CCNC(=O)c1ccoc1.